The van der Waals surface area contributed by atoms with Crippen LogP contribution in [0, 0.1) is 22.9 Å². The van der Waals surface area contributed by atoms with E-state index in [1.807, 2.05) is 0 Å². The highest BCUT2D eigenvalue weighted by Gasteiger charge is 2.35. The molecule has 210 valence electrons. The molecule has 0 aliphatic carbocycles. The van der Waals surface area contributed by atoms with Crippen molar-refractivity contribution in [3.8, 4) is 22.9 Å². The standard InChI is InChI=1S/C36H45NSi2.H3N/c1-36(2,3)32-18-20-33(21-19-32)37-34(30-14-10-28(11-15-30)24-26-38(4,5)6)22-23-35(37)31-16-12-29(13-17-31)25-27-39(7,8)9;/h10-21,34-35H,22-23H2,1-9H3;1H3. The molecule has 0 radical (unpaired) electrons. The minimum absolute atomic E-state index is 0. The third-order valence-corrected chi connectivity index (χ3v) is 8.92. The van der Waals surface area contributed by atoms with Gasteiger partial charge in [0.1, 0.15) is 16.1 Å². The fourth-order valence-electron chi connectivity index (χ4n) is 5.06. The molecule has 0 bridgehead atoms. The molecule has 1 heterocycles. The van der Waals surface area contributed by atoms with Crippen molar-refractivity contribution in [1.29, 1.82) is 0 Å². The zero-order valence-electron chi connectivity index (χ0n) is 26.2. The Hall–Kier alpha value is -3.03. The topological polar surface area (TPSA) is 38.2 Å². The second-order valence-electron chi connectivity index (χ2n) is 14.1. The molecular formula is C36H48N2Si2. The molecule has 3 N–H and O–H groups in total. The molecule has 1 aliphatic heterocycles. The molecular weight excluding hydrogens is 517 g/mol. The van der Waals surface area contributed by atoms with Crippen molar-refractivity contribution in [3.63, 3.8) is 0 Å². The summed E-state index contributed by atoms with van der Waals surface area (Å²) in [7, 11) is -2.79. The third-order valence-electron chi connectivity index (χ3n) is 7.17. The molecule has 0 saturated carbocycles. The van der Waals surface area contributed by atoms with E-state index in [2.05, 4.69) is 161 Å². The van der Waals surface area contributed by atoms with E-state index in [1.54, 1.807) is 0 Å². The van der Waals surface area contributed by atoms with E-state index in [1.165, 1.54) is 22.4 Å². The summed E-state index contributed by atoms with van der Waals surface area (Å²) < 4.78 is 0. The van der Waals surface area contributed by atoms with Crippen LogP contribution in [0.1, 0.15) is 73.5 Å². The lowest BCUT2D eigenvalue weighted by Crippen LogP contribution is -2.26. The number of nitrogens with zero attached hydrogens (tertiary/aromatic N) is 1. The van der Waals surface area contributed by atoms with Crippen LogP contribution >= 0.6 is 0 Å². The molecule has 4 heteroatoms. The Bertz CT molecular complexity index is 1310. The quantitative estimate of drug-likeness (QED) is 0.254. The van der Waals surface area contributed by atoms with Gasteiger partial charge in [0.05, 0.1) is 12.1 Å². The summed E-state index contributed by atoms with van der Waals surface area (Å²) in [5, 5.41) is 0. The average Bonchev–Trinajstić information content (AvgIpc) is 3.31. The van der Waals surface area contributed by atoms with Crippen molar-refractivity contribution in [3.05, 3.63) is 101 Å². The highest BCUT2D eigenvalue weighted by atomic mass is 28.3. The van der Waals surface area contributed by atoms with Gasteiger partial charge >= 0.3 is 0 Å². The van der Waals surface area contributed by atoms with Crippen LogP contribution in [0.3, 0.4) is 0 Å². The first-order chi connectivity index (χ1) is 18.2. The molecule has 2 nitrogen and oxygen atoms in total. The van der Waals surface area contributed by atoms with Gasteiger partial charge in [0.2, 0.25) is 0 Å². The monoisotopic (exact) mass is 564 g/mol. The van der Waals surface area contributed by atoms with Crippen molar-refractivity contribution < 1.29 is 0 Å². The van der Waals surface area contributed by atoms with Gasteiger partial charge in [0.25, 0.3) is 0 Å². The Labute approximate surface area is 246 Å². The van der Waals surface area contributed by atoms with Crippen LogP contribution in [0.15, 0.2) is 72.8 Å². The molecule has 1 aliphatic rings. The summed E-state index contributed by atoms with van der Waals surface area (Å²) in [6, 6.07) is 28.0. The number of benzene rings is 3. The van der Waals surface area contributed by atoms with Crippen LogP contribution < -0.4 is 11.1 Å². The van der Waals surface area contributed by atoms with Gasteiger partial charge in [-0.25, -0.2) is 0 Å². The summed E-state index contributed by atoms with van der Waals surface area (Å²) in [5.74, 6) is 6.83. The number of hydrogen-bond acceptors (Lipinski definition) is 2. The molecule has 0 spiro atoms. The predicted molar refractivity (Wildman–Crippen MR) is 181 cm³/mol. The zero-order chi connectivity index (χ0) is 28.4. The van der Waals surface area contributed by atoms with Crippen molar-refractivity contribution in [2.24, 2.45) is 0 Å². The third kappa shape index (κ3) is 8.24. The van der Waals surface area contributed by atoms with Crippen molar-refractivity contribution >= 4 is 21.8 Å². The highest BCUT2D eigenvalue weighted by molar-refractivity contribution is 6.84. The first-order valence-electron chi connectivity index (χ1n) is 14.3. The molecule has 2 atom stereocenters. The molecule has 1 saturated heterocycles. The van der Waals surface area contributed by atoms with Crippen molar-refractivity contribution in [2.45, 2.75) is 90.4 Å². The van der Waals surface area contributed by atoms with Gasteiger partial charge in [0.15, 0.2) is 0 Å². The van der Waals surface area contributed by atoms with E-state index in [0.717, 1.165) is 24.0 Å². The van der Waals surface area contributed by atoms with E-state index >= 15 is 0 Å². The Kier molecular flexibility index (Phi) is 9.63. The van der Waals surface area contributed by atoms with Gasteiger partial charge in [-0.15, -0.1) is 11.1 Å². The van der Waals surface area contributed by atoms with E-state index < -0.39 is 16.1 Å². The Balaban J connectivity index is 0.00000441. The Morgan fingerprint density at radius 2 is 0.975 bits per heavy atom. The molecule has 0 amide bonds. The van der Waals surface area contributed by atoms with Gasteiger partial charge in [-0.3, -0.25) is 0 Å². The molecule has 0 aromatic heterocycles. The van der Waals surface area contributed by atoms with Gasteiger partial charge in [-0.1, -0.05) is 108 Å². The predicted octanol–water partition coefficient (Wildman–Crippen LogP) is 9.69. The molecule has 2 unspecified atom stereocenters. The summed E-state index contributed by atoms with van der Waals surface area (Å²) >= 11 is 0. The SMILES string of the molecule is CC(C)(C)c1ccc(N2C(c3ccc(C#C[Si](C)(C)C)cc3)CCC2c2ccc(C#C[Si](C)(C)C)cc2)cc1.N. The Morgan fingerprint density at radius 3 is 1.30 bits per heavy atom. The minimum atomic E-state index is -1.39. The van der Waals surface area contributed by atoms with Crippen LogP contribution in [-0.4, -0.2) is 16.1 Å². The summed E-state index contributed by atoms with van der Waals surface area (Å²) in [5.41, 5.74) is 14.8. The molecule has 1 fully saturated rings. The number of hydrogen-bond donors (Lipinski definition) is 1. The molecule has 4 rings (SSSR count). The van der Waals surface area contributed by atoms with Crippen LogP contribution in [0.4, 0.5) is 5.69 Å². The Morgan fingerprint density at radius 1 is 0.600 bits per heavy atom. The van der Waals surface area contributed by atoms with Crippen LogP contribution in [-0.2, 0) is 5.41 Å². The lowest BCUT2D eigenvalue weighted by Gasteiger charge is -2.34. The second-order valence-corrected chi connectivity index (χ2v) is 23.6. The normalized spacial score (nSPS) is 17.3. The van der Waals surface area contributed by atoms with E-state index in [9.17, 15) is 0 Å². The fraction of sp³-hybridized carbons (Fsp3) is 0.389. The first kappa shape index (κ1) is 31.5. The van der Waals surface area contributed by atoms with Crippen molar-refractivity contribution in [1.82, 2.24) is 6.15 Å². The number of anilines is 1. The summed E-state index contributed by atoms with van der Waals surface area (Å²) in [6.07, 6.45) is 2.26. The molecule has 3 aromatic rings. The van der Waals surface area contributed by atoms with Crippen molar-refractivity contribution in [2.75, 3.05) is 4.90 Å². The van der Waals surface area contributed by atoms with Gasteiger partial charge in [-0.2, -0.15) is 0 Å². The van der Waals surface area contributed by atoms with Gasteiger partial charge in [0, 0.05) is 16.8 Å². The average molecular weight is 565 g/mol. The summed E-state index contributed by atoms with van der Waals surface area (Å²) in [4.78, 5) is 2.65. The highest BCUT2D eigenvalue weighted by Crippen LogP contribution is 2.47. The van der Waals surface area contributed by atoms with Gasteiger partial charge in [-0.05, 0) is 71.3 Å². The molecule has 3 aromatic carbocycles. The maximum Gasteiger partial charge on any atom is 0.129 e. The maximum atomic E-state index is 3.50. The largest absolute Gasteiger partial charge is 0.357 e. The molecule has 40 heavy (non-hydrogen) atoms. The lowest BCUT2D eigenvalue weighted by atomic mass is 9.87. The van der Waals surface area contributed by atoms with E-state index in [-0.39, 0.29) is 11.6 Å². The maximum absolute atomic E-state index is 3.50. The van der Waals surface area contributed by atoms with E-state index in [0.29, 0.717) is 12.1 Å². The summed E-state index contributed by atoms with van der Waals surface area (Å²) in [6.45, 7) is 20.6. The van der Waals surface area contributed by atoms with Crippen LogP contribution in [0.25, 0.3) is 0 Å². The number of rotatable bonds is 3. The second kappa shape index (κ2) is 12.2. The smallest absolute Gasteiger partial charge is 0.129 e. The van der Waals surface area contributed by atoms with E-state index in [4.69, 9.17) is 0 Å². The first-order valence-corrected chi connectivity index (χ1v) is 21.3. The van der Waals surface area contributed by atoms with Crippen LogP contribution in [0.5, 0.6) is 0 Å². The van der Waals surface area contributed by atoms with Gasteiger partial charge < -0.3 is 11.1 Å². The zero-order valence-corrected chi connectivity index (χ0v) is 28.2. The lowest BCUT2D eigenvalue weighted by molar-refractivity contribution is 0.589. The fourth-order valence-corrected chi connectivity index (χ4v) is 6.09. The van der Waals surface area contributed by atoms with Crippen LogP contribution in [0.2, 0.25) is 39.3 Å². The minimum Gasteiger partial charge on any atom is -0.357 e.